The summed E-state index contributed by atoms with van der Waals surface area (Å²) in [7, 11) is 0. The maximum absolute atomic E-state index is 8.68. The molecular weight excluding hydrogens is 176 g/mol. The van der Waals surface area contributed by atoms with Crippen LogP contribution in [0.1, 0.15) is 33.6 Å². The third-order valence-corrected chi connectivity index (χ3v) is 2.76. The van der Waals surface area contributed by atoms with Crippen LogP contribution in [0.2, 0.25) is 0 Å². The number of nitrogens with zero attached hydrogens (tertiary/aromatic N) is 2. The van der Waals surface area contributed by atoms with Crippen molar-refractivity contribution in [2.45, 2.75) is 51.9 Å². The van der Waals surface area contributed by atoms with Gasteiger partial charge >= 0.3 is 0 Å². The molecule has 3 nitrogen and oxygen atoms in total. The van der Waals surface area contributed by atoms with Gasteiger partial charge in [0.05, 0.1) is 24.8 Å². The van der Waals surface area contributed by atoms with Crippen molar-refractivity contribution in [2.24, 2.45) is 0 Å². The maximum Gasteiger partial charge on any atom is 0.0869 e. The minimum Gasteiger partial charge on any atom is -0.374 e. The van der Waals surface area contributed by atoms with Crippen molar-refractivity contribution >= 4 is 0 Å². The largest absolute Gasteiger partial charge is 0.374 e. The highest BCUT2D eigenvalue weighted by Gasteiger charge is 2.24. The number of hydrogen-bond acceptors (Lipinski definition) is 3. The normalized spacial score (nSPS) is 27.1. The molecule has 0 aliphatic carbocycles. The Hall–Kier alpha value is -0.590. The van der Waals surface area contributed by atoms with Gasteiger partial charge in [-0.15, -0.1) is 0 Å². The monoisotopic (exact) mass is 196 g/mol. The van der Waals surface area contributed by atoms with Crippen molar-refractivity contribution in [2.75, 3.05) is 13.1 Å². The van der Waals surface area contributed by atoms with E-state index in [0.29, 0.717) is 24.8 Å². The molecule has 80 valence electrons. The van der Waals surface area contributed by atoms with Crippen molar-refractivity contribution in [3.05, 3.63) is 0 Å². The average molecular weight is 196 g/mol. The molecule has 1 saturated heterocycles. The fourth-order valence-corrected chi connectivity index (χ4v) is 1.83. The molecule has 2 atom stereocenters. The molecule has 0 aromatic carbocycles. The molecular formula is C11H20N2O. The summed E-state index contributed by atoms with van der Waals surface area (Å²) in [6, 6.07) is 2.63. The summed E-state index contributed by atoms with van der Waals surface area (Å²) < 4.78 is 5.74. The Morgan fingerprint density at radius 2 is 2.21 bits per heavy atom. The molecule has 3 heteroatoms. The Balaban J connectivity index is 2.36. The molecule has 1 fully saturated rings. The molecule has 0 saturated carbocycles. The average Bonchev–Trinajstić information content (AvgIpc) is 2.50. The van der Waals surface area contributed by atoms with Crippen LogP contribution in [0, 0.1) is 11.3 Å². The summed E-state index contributed by atoms with van der Waals surface area (Å²) in [6.07, 6.45) is 3.02. The molecule has 0 radical (unpaired) electrons. The first-order valence-electron chi connectivity index (χ1n) is 5.40. The molecule has 0 N–H and O–H groups in total. The lowest BCUT2D eigenvalue weighted by atomic mass is 10.2. The zero-order valence-electron chi connectivity index (χ0n) is 9.36. The van der Waals surface area contributed by atoms with E-state index in [-0.39, 0.29) is 0 Å². The first-order chi connectivity index (χ1) is 6.63. The van der Waals surface area contributed by atoms with E-state index in [9.17, 15) is 0 Å². The third kappa shape index (κ3) is 3.28. The Kier molecular flexibility index (Phi) is 4.37. The molecule has 1 rings (SSSR count). The van der Waals surface area contributed by atoms with Crippen molar-refractivity contribution in [3.8, 4) is 6.07 Å². The van der Waals surface area contributed by atoms with Gasteiger partial charge in [-0.1, -0.05) is 0 Å². The van der Waals surface area contributed by atoms with Crippen LogP contribution in [0.4, 0.5) is 0 Å². The SMILES string of the molecule is CC1CCC(CN(CC#N)C(C)C)O1. The van der Waals surface area contributed by atoms with Gasteiger partial charge in [0.25, 0.3) is 0 Å². The summed E-state index contributed by atoms with van der Waals surface area (Å²) in [5.41, 5.74) is 0. The summed E-state index contributed by atoms with van der Waals surface area (Å²) in [5.74, 6) is 0. The molecule has 0 aromatic heterocycles. The number of ether oxygens (including phenoxy) is 1. The van der Waals surface area contributed by atoms with Crippen LogP contribution in [0.25, 0.3) is 0 Å². The quantitative estimate of drug-likeness (QED) is 0.643. The Morgan fingerprint density at radius 3 is 2.64 bits per heavy atom. The standard InChI is InChI=1S/C11H20N2O/c1-9(2)13(7-6-12)8-11-5-4-10(3)14-11/h9-11H,4-5,7-8H2,1-3H3. The van der Waals surface area contributed by atoms with Crippen LogP contribution < -0.4 is 0 Å². The molecule has 0 amide bonds. The summed E-state index contributed by atoms with van der Waals surface area (Å²) in [6.45, 7) is 7.76. The van der Waals surface area contributed by atoms with Crippen LogP contribution in [0.3, 0.4) is 0 Å². The van der Waals surface area contributed by atoms with Gasteiger partial charge in [-0.3, -0.25) is 4.90 Å². The van der Waals surface area contributed by atoms with Gasteiger partial charge in [-0.25, -0.2) is 0 Å². The number of nitriles is 1. The molecule has 2 unspecified atom stereocenters. The minimum atomic E-state index is 0.334. The van der Waals surface area contributed by atoms with E-state index in [1.54, 1.807) is 0 Å². The van der Waals surface area contributed by atoms with E-state index < -0.39 is 0 Å². The second kappa shape index (κ2) is 5.33. The molecule has 14 heavy (non-hydrogen) atoms. The molecule has 1 aliphatic rings. The second-order valence-electron chi connectivity index (χ2n) is 4.33. The fraction of sp³-hybridized carbons (Fsp3) is 0.909. The van der Waals surface area contributed by atoms with Gasteiger partial charge in [0.15, 0.2) is 0 Å². The highest BCUT2D eigenvalue weighted by molar-refractivity contribution is 4.82. The van der Waals surface area contributed by atoms with Crippen LogP contribution in [0.15, 0.2) is 0 Å². The Labute approximate surface area is 86.6 Å². The zero-order valence-corrected chi connectivity index (χ0v) is 9.36. The maximum atomic E-state index is 8.68. The van der Waals surface area contributed by atoms with Crippen LogP contribution in [-0.2, 0) is 4.74 Å². The van der Waals surface area contributed by atoms with Crippen molar-refractivity contribution in [3.63, 3.8) is 0 Å². The van der Waals surface area contributed by atoms with Crippen molar-refractivity contribution in [1.82, 2.24) is 4.90 Å². The van der Waals surface area contributed by atoms with Gasteiger partial charge in [0.2, 0.25) is 0 Å². The first kappa shape index (κ1) is 11.5. The molecule has 0 bridgehead atoms. The van der Waals surface area contributed by atoms with Crippen LogP contribution in [0.5, 0.6) is 0 Å². The minimum absolute atomic E-state index is 0.334. The van der Waals surface area contributed by atoms with Crippen LogP contribution >= 0.6 is 0 Å². The number of rotatable bonds is 4. The van der Waals surface area contributed by atoms with Gasteiger partial charge < -0.3 is 4.74 Å². The molecule has 1 aliphatic heterocycles. The smallest absolute Gasteiger partial charge is 0.0869 e. The lowest BCUT2D eigenvalue weighted by Crippen LogP contribution is -2.37. The predicted octanol–water partition coefficient (Wildman–Crippen LogP) is 1.79. The summed E-state index contributed by atoms with van der Waals surface area (Å²) >= 11 is 0. The lowest BCUT2D eigenvalue weighted by Gasteiger charge is -2.26. The third-order valence-electron chi connectivity index (χ3n) is 2.76. The molecule has 1 heterocycles. The van der Waals surface area contributed by atoms with Crippen LogP contribution in [-0.4, -0.2) is 36.2 Å². The molecule has 0 aromatic rings. The number of hydrogen-bond donors (Lipinski definition) is 0. The van der Waals surface area contributed by atoms with E-state index in [1.807, 2.05) is 0 Å². The summed E-state index contributed by atoms with van der Waals surface area (Å²) in [5, 5.41) is 8.68. The van der Waals surface area contributed by atoms with Gasteiger partial charge in [0.1, 0.15) is 0 Å². The Morgan fingerprint density at radius 1 is 1.50 bits per heavy atom. The summed E-state index contributed by atoms with van der Waals surface area (Å²) in [4.78, 5) is 2.17. The van der Waals surface area contributed by atoms with E-state index >= 15 is 0 Å². The first-order valence-corrected chi connectivity index (χ1v) is 5.40. The molecule has 0 spiro atoms. The van der Waals surface area contributed by atoms with E-state index in [4.69, 9.17) is 10.00 Å². The van der Waals surface area contributed by atoms with E-state index in [2.05, 4.69) is 31.7 Å². The lowest BCUT2D eigenvalue weighted by molar-refractivity contribution is 0.0280. The Bertz CT molecular complexity index is 210. The fourth-order valence-electron chi connectivity index (χ4n) is 1.83. The van der Waals surface area contributed by atoms with Gasteiger partial charge in [-0.2, -0.15) is 5.26 Å². The topological polar surface area (TPSA) is 36.3 Å². The highest BCUT2D eigenvalue weighted by Crippen LogP contribution is 2.20. The van der Waals surface area contributed by atoms with E-state index in [0.717, 1.165) is 19.4 Å². The van der Waals surface area contributed by atoms with Gasteiger partial charge in [-0.05, 0) is 33.6 Å². The van der Waals surface area contributed by atoms with Gasteiger partial charge in [0, 0.05) is 12.6 Å². The van der Waals surface area contributed by atoms with Crippen molar-refractivity contribution < 1.29 is 4.74 Å². The highest BCUT2D eigenvalue weighted by atomic mass is 16.5. The zero-order chi connectivity index (χ0) is 10.6. The van der Waals surface area contributed by atoms with E-state index in [1.165, 1.54) is 0 Å². The predicted molar refractivity (Wildman–Crippen MR) is 55.9 cm³/mol. The second-order valence-corrected chi connectivity index (χ2v) is 4.33. The van der Waals surface area contributed by atoms with Crippen molar-refractivity contribution in [1.29, 1.82) is 5.26 Å².